The first-order valence-electron chi connectivity index (χ1n) is 13.2. The largest absolute Gasteiger partial charge is 0.493 e. The highest BCUT2D eigenvalue weighted by atomic mass is 16.5. The van der Waals surface area contributed by atoms with Crippen molar-refractivity contribution in [1.82, 2.24) is 4.90 Å². The van der Waals surface area contributed by atoms with Crippen molar-refractivity contribution < 1.29 is 23.9 Å². The number of nitrogens with one attached hydrogen (secondary N) is 1. The first-order valence-corrected chi connectivity index (χ1v) is 13.2. The molecule has 0 spiro atoms. The van der Waals surface area contributed by atoms with Gasteiger partial charge in [0.1, 0.15) is 11.8 Å². The minimum atomic E-state index is -0.910. The molecule has 2 saturated carbocycles. The van der Waals surface area contributed by atoms with Gasteiger partial charge in [0, 0.05) is 12.1 Å². The Kier molecular flexibility index (Phi) is 6.35. The molecule has 3 amide bonds. The summed E-state index contributed by atoms with van der Waals surface area (Å²) in [5, 5.41) is 2.93. The maximum Gasteiger partial charge on any atom is 0.248 e. The van der Waals surface area contributed by atoms with Crippen LogP contribution in [0.25, 0.3) is 0 Å². The van der Waals surface area contributed by atoms with E-state index >= 15 is 0 Å². The average molecular weight is 511 g/mol. The van der Waals surface area contributed by atoms with Crippen LogP contribution < -0.4 is 14.8 Å². The lowest BCUT2D eigenvalue weighted by Gasteiger charge is -2.27. The molecule has 2 aliphatic carbocycles. The molecule has 0 radical (unpaired) electrons. The standard InChI is InChI=1S/C31H30N2O5/c1-37-25-9-5-6-10-26(25)38-23-15-13-22(14-16-23)32-29(34)24(17-19-7-3-2-4-8-19)33-30(35)27-20-11-12-21(18-20)28(27)31(33)36/h2-10,13-16,20-21,24,27-28H,11-12,17-18H2,1H3,(H,32,34)/t20-,21-,24+,27-,28+/m0/s1. The van der Waals surface area contributed by atoms with Gasteiger partial charge >= 0.3 is 0 Å². The quantitative estimate of drug-likeness (QED) is 0.428. The van der Waals surface area contributed by atoms with Crippen molar-refractivity contribution in [2.45, 2.75) is 31.7 Å². The molecule has 5 atom stereocenters. The predicted octanol–water partition coefficient (Wildman–Crippen LogP) is 5.07. The van der Waals surface area contributed by atoms with Crippen LogP contribution in [0.15, 0.2) is 78.9 Å². The van der Waals surface area contributed by atoms with Crippen LogP contribution in [0, 0.1) is 23.7 Å². The van der Waals surface area contributed by atoms with Gasteiger partial charge in [-0.15, -0.1) is 0 Å². The van der Waals surface area contributed by atoms with Gasteiger partial charge in [-0.05, 0) is 73.1 Å². The third-order valence-corrected chi connectivity index (χ3v) is 8.27. The molecule has 0 aromatic heterocycles. The number of fused-ring (bicyclic) bond motifs is 5. The zero-order valence-corrected chi connectivity index (χ0v) is 21.2. The van der Waals surface area contributed by atoms with Crippen molar-refractivity contribution >= 4 is 23.4 Å². The summed E-state index contributed by atoms with van der Waals surface area (Å²) in [5.41, 5.74) is 1.45. The Morgan fingerprint density at radius 1 is 0.868 bits per heavy atom. The van der Waals surface area contributed by atoms with E-state index < -0.39 is 6.04 Å². The van der Waals surface area contributed by atoms with Crippen molar-refractivity contribution in [3.8, 4) is 17.2 Å². The summed E-state index contributed by atoms with van der Waals surface area (Å²) in [6.07, 6.45) is 3.22. The number of para-hydroxylation sites is 2. The van der Waals surface area contributed by atoms with Gasteiger partial charge in [-0.25, -0.2) is 0 Å². The summed E-state index contributed by atoms with van der Waals surface area (Å²) in [6.45, 7) is 0. The molecule has 3 aromatic carbocycles. The predicted molar refractivity (Wildman–Crippen MR) is 142 cm³/mol. The lowest BCUT2D eigenvalue weighted by molar-refractivity contribution is -0.147. The number of benzene rings is 3. The van der Waals surface area contributed by atoms with E-state index in [2.05, 4.69) is 5.32 Å². The van der Waals surface area contributed by atoms with Crippen LogP contribution >= 0.6 is 0 Å². The van der Waals surface area contributed by atoms with Crippen molar-refractivity contribution in [3.05, 3.63) is 84.4 Å². The first-order chi connectivity index (χ1) is 18.5. The van der Waals surface area contributed by atoms with E-state index in [9.17, 15) is 14.4 Å². The maximum atomic E-state index is 13.6. The normalized spacial score (nSPS) is 24.3. The SMILES string of the molecule is COc1ccccc1Oc1ccc(NC(=O)[C@@H](Cc2ccccc2)N2C(=O)[C@@H]3[C@H]4CC[C@@H](C4)[C@@H]3C2=O)cc1. The van der Waals surface area contributed by atoms with Crippen LogP contribution in [-0.4, -0.2) is 35.8 Å². The number of nitrogens with zero attached hydrogens (tertiary/aromatic N) is 1. The first kappa shape index (κ1) is 24.2. The van der Waals surface area contributed by atoms with E-state index in [0.29, 0.717) is 22.9 Å². The Morgan fingerprint density at radius 2 is 1.47 bits per heavy atom. The summed E-state index contributed by atoms with van der Waals surface area (Å²) < 4.78 is 11.3. The van der Waals surface area contributed by atoms with Crippen LogP contribution in [0.1, 0.15) is 24.8 Å². The number of ether oxygens (including phenoxy) is 2. The molecule has 1 N–H and O–H groups in total. The highest BCUT2D eigenvalue weighted by Gasteiger charge is 2.62. The fraction of sp³-hybridized carbons (Fsp3) is 0.323. The average Bonchev–Trinajstić information content (AvgIpc) is 3.63. The Balaban J connectivity index is 1.22. The van der Waals surface area contributed by atoms with Gasteiger partial charge < -0.3 is 14.8 Å². The Morgan fingerprint density at radius 3 is 2.11 bits per heavy atom. The Hall–Kier alpha value is -4.13. The van der Waals surface area contributed by atoms with Crippen LogP contribution in [0.4, 0.5) is 5.69 Å². The number of hydrogen-bond acceptors (Lipinski definition) is 5. The summed E-state index contributed by atoms with van der Waals surface area (Å²) in [5.74, 6) is 1.06. The molecule has 1 heterocycles. The number of hydrogen-bond donors (Lipinski definition) is 1. The van der Waals surface area contributed by atoms with Gasteiger partial charge in [0.2, 0.25) is 17.7 Å². The van der Waals surface area contributed by atoms with Crippen LogP contribution in [0.3, 0.4) is 0 Å². The van der Waals surface area contributed by atoms with Crippen molar-refractivity contribution in [1.29, 1.82) is 0 Å². The van der Waals surface area contributed by atoms with E-state index in [-0.39, 0.29) is 47.8 Å². The molecule has 1 aliphatic heterocycles. The monoisotopic (exact) mass is 510 g/mol. The number of methoxy groups -OCH3 is 1. The van der Waals surface area contributed by atoms with Gasteiger partial charge in [0.25, 0.3) is 0 Å². The summed E-state index contributed by atoms with van der Waals surface area (Å²) in [7, 11) is 1.58. The summed E-state index contributed by atoms with van der Waals surface area (Å²) in [4.78, 5) is 42.0. The molecule has 3 fully saturated rings. The molecule has 0 unspecified atom stereocenters. The fourth-order valence-corrected chi connectivity index (χ4v) is 6.54. The number of imide groups is 1. The molecule has 6 rings (SSSR count). The van der Waals surface area contributed by atoms with E-state index in [1.54, 1.807) is 31.4 Å². The van der Waals surface area contributed by atoms with Crippen LogP contribution in [0.5, 0.6) is 17.2 Å². The molecule has 1 saturated heterocycles. The van der Waals surface area contributed by atoms with Crippen LogP contribution in [-0.2, 0) is 20.8 Å². The zero-order valence-electron chi connectivity index (χ0n) is 21.2. The molecule has 2 bridgehead atoms. The summed E-state index contributed by atoms with van der Waals surface area (Å²) in [6, 6.07) is 23.0. The topological polar surface area (TPSA) is 84.9 Å². The minimum absolute atomic E-state index is 0.177. The number of anilines is 1. The van der Waals surface area contributed by atoms with E-state index in [4.69, 9.17) is 9.47 Å². The molecule has 194 valence electrons. The lowest BCUT2D eigenvalue weighted by atomic mass is 9.81. The second-order valence-corrected chi connectivity index (χ2v) is 10.4. The van der Waals surface area contributed by atoms with Gasteiger partial charge in [-0.1, -0.05) is 42.5 Å². The molecular weight excluding hydrogens is 480 g/mol. The smallest absolute Gasteiger partial charge is 0.248 e. The van der Waals surface area contributed by atoms with E-state index in [1.165, 1.54) is 4.90 Å². The second-order valence-electron chi connectivity index (χ2n) is 10.4. The van der Waals surface area contributed by atoms with E-state index in [0.717, 1.165) is 24.8 Å². The van der Waals surface area contributed by atoms with Crippen molar-refractivity contribution in [3.63, 3.8) is 0 Å². The Labute approximate surface area is 221 Å². The van der Waals surface area contributed by atoms with Crippen LogP contribution in [0.2, 0.25) is 0 Å². The highest BCUT2D eigenvalue weighted by molar-refractivity contribution is 6.10. The van der Waals surface area contributed by atoms with E-state index in [1.807, 2.05) is 54.6 Å². The highest BCUT2D eigenvalue weighted by Crippen LogP contribution is 2.56. The molecule has 7 heteroatoms. The molecule has 7 nitrogen and oxygen atoms in total. The molecule has 3 aromatic rings. The molecule has 3 aliphatic rings. The van der Waals surface area contributed by atoms with Crippen molar-refractivity contribution in [2.24, 2.45) is 23.7 Å². The number of likely N-dealkylation sites (tertiary alicyclic amines) is 1. The summed E-state index contributed by atoms with van der Waals surface area (Å²) >= 11 is 0. The molecule has 38 heavy (non-hydrogen) atoms. The van der Waals surface area contributed by atoms with Gasteiger partial charge in [-0.2, -0.15) is 0 Å². The maximum absolute atomic E-state index is 13.6. The third kappa shape index (κ3) is 4.32. The fourth-order valence-electron chi connectivity index (χ4n) is 6.54. The molecular formula is C31H30N2O5. The van der Waals surface area contributed by atoms with Gasteiger partial charge in [0.05, 0.1) is 18.9 Å². The Bertz CT molecular complexity index is 1330. The van der Waals surface area contributed by atoms with Gasteiger partial charge in [-0.3, -0.25) is 19.3 Å². The number of amides is 3. The number of carbonyl (C=O) groups is 3. The number of rotatable bonds is 8. The number of carbonyl (C=O) groups excluding carboxylic acids is 3. The lowest BCUT2D eigenvalue weighted by Crippen LogP contribution is -2.49. The van der Waals surface area contributed by atoms with Crippen molar-refractivity contribution in [2.75, 3.05) is 12.4 Å². The van der Waals surface area contributed by atoms with Gasteiger partial charge in [0.15, 0.2) is 11.5 Å². The second kappa shape index (κ2) is 9.97. The third-order valence-electron chi connectivity index (χ3n) is 8.27. The zero-order chi connectivity index (χ0) is 26.2. The minimum Gasteiger partial charge on any atom is -0.493 e.